The minimum absolute atomic E-state index is 0.0339. The lowest BCUT2D eigenvalue weighted by molar-refractivity contribution is -0.134. The Hall–Kier alpha value is -1.83. The summed E-state index contributed by atoms with van der Waals surface area (Å²) in [6.45, 7) is 9.02. The molecule has 0 amide bonds. The largest absolute Gasteiger partial charge is 0.426 e. The molecule has 2 heteroatoms. The average Bonchev–Trinajstić information content (AvgIpc) is 2.95. The van der Waals surface area contributed by atoms with Crippen molar-refractivity contribution in [3.8, 4) is 5.75 Å². The van der Waals surface area contributed by atoms with Crippen LogP contribution in [0.1, 0.15) is 82.4 Å². The molecule has 3 rings (SSSR count). The van der Waals surface area contributed by atoms with Crippen LogP contribution in [0, 0.1) is 5.92 Å². The molecule has 1 aromatic rings. The van der Waals surface area contributed by atoms with Crippen molar-refractivity contribution >= 4 is 5.97 Å². The van der Waals surface area contributed by atoms with Crippen molar-refractivity contribution in [3.05, 3.63) is 53.1 Å². The number of allylic oxidation sites excluding steroid dienone is 4. The number of fused-ring (bicyclic) bond motifs is 1. The lowest BCUT2D eigenvalue weighted by atomic mass is 9.67. The summed E-state index contributed by atoms with van der Waals surface area (Å²) in [5, 5.41) is 0. The van der Waals surface area contributed by atoms with E-state index in [0.29, 0.717) is 5.92 Å². The Balaban J connectivity index is 2.12. The molecule has 3 unspecified atom stereocenters. The lowest BCUT2D eigenvalue weighted by Gasteiger charge is -2.36. The third-order valence-electron chi connectivity index (χ3n) is 6.27. The van der Waals surface area contributed by atoms with Crippen LogP contribution in [0.15, 0.2) is 36.4 Å². The molecule has 1 aliphatic heterocycles. The van der Waals surface area contributed by atoms with Crippen molar-refractivity contribution in [2.75, 3.05) is 0 Å². The topological polar surface area (TPSA) is 26.3 Å². The molecule has 2 aliphatic rings. The SMILES string of the molecule is CCCCc1c(C2(C)C=CC=CC2C)ccc2c1C(CCCC)C(=O)O2. The molecule has 0 fully saturated rings. The van der Waals surface area contributed by atoms with Crippen LogP contribution in [0.3, 0.4) is 0 Å². The van der Waals surface area contributed by atoms with E-state index in [1.807, 2.05) is 6.07 Å². The molecule has 0 radical (unpaired) electrons. The Morgan fingerprint density at radius 2 is 1.88 bits per heavy atom. The normalized spacial score (nSPS) is 26.8. The third kappa shape index (κ3) is 3.26. The van der Waals surface area contributed by atoms with Crippen LogP contribution in [0.4, 0.5) is 0 Å². The number of benzene rings is 1. The summed E-state index contributed by atoms with van der Waals surface area (Å²) in [7, 11) is 0. The Bertz CT molecular complexity index is 728. The zero-order valence-electron chi connectivity index (χ0n) is 16.7. The van der Waals surface area contributed by atoms with Gasteiger partial charge in [0.05, 0.1) is 5.92 Å². The number of esters is 1. The highest BCUT2D eigenvalue weighted by Crippen LogP contribution is 2.47. The number of rotatable bonds is 7. The second-order valence-corrected chi connectivity index (χ2v) is 8.04. The number of carbonyl (C=O) groups excluding carboxylic acids is 1. The smallest absolute Gasteiger partial charge is 0.318 e. The van der Waals surface area contributed by atoms with Crippen molar-refractivity contribution in [3.63, 3.8) is 0 Å². The van der Waals surface area contributed by atoms with Gasteiger partial charge in [-0.2, -0.15) is 0 Å². The molecular formula is C24H32O2. The molecule has 0 saturated heterocycles. The van der Waals surface area contributed by atoms with Crippen molar-refractivity contribution in [1.82, 2.24) is 0 Å². The molecule has 0 saturated carbocycles. The second-order valence-electron chi connectivity index (χ2n) is 8.04. The maximum atomic E-state index is 12.5. The number of unbranched alkanes of at least 4 members (excludes halogenated alkanes) is 2. The van der Waals surface area contributed by atoms with Crippen molar-refractivity contribution in [1.29, 1.82) is 0 Å². The van der Waals surface area contributed by atoms with E-state index in [0.717, 1.165) is 44.3 Å². The minimum Gasteiger partial charge on any atom is -0.426 e. The summed E-state index contributed by atoms with van der Waals surface area (Å²) < 4.78 is 5.67. The Morgan fingerprint density at radius 3 is 2.58 bits per heavy atom. The molecule has 1 aromatic carbocycles. The van der Waals surface area contributed by atoms with E-state index in [9.17, 15) is 4.79 Å². The van der Waals surface area contributed by atoms with Gasteiger partial charge in [0.15, 0.2) is 0 Å². The molecule has 26 heavy (non-hydrogen) atoms. The van der Waals surface area contributed by atoms with Gasteiger partial charge in [-0.3, -0.25) is 4.79 Å². The first kappa shape index (κ1) is 18.9. The summed E-state index contributed by atoms with van der Waals surface area (Å²) in [5.41, 5.74) is 3.89. The molecule has 1 aliphatic carbocycles. The number of hydrogen-bond acceptors (Lipinski definition) is 2. The van der Waals surface area contributed by atoms with Crippen molar-refractivity contribution in [2.45, 2.75) is 77.6 Å². The Labute approximate surface area is 158 Å². The summed E-state index contributed by atoms with van der Waals surface area (Å²) in [5.74, 6) is 1.09. The van der Waals surface area contributed by atoms with Gasteiger partial charge in [-0.05, 0) is 42.4 Å². The predicted octanol–water partition coefficient (Wildman–Crippen LogP) is 6.24. The van der Waals surface area contributed by atoms with E-state index in [2.05, 4.69) is 58.1 Å². The summed E-state index contributed by atoms with van der Waals surface area (Å²) in [6, 6.07) is 4.24. The van der Waals surface area contributed by atoms with Gasteiger partial charge in [-0.25, -0.2) is 0 Å². The maximum Gasteiger partial charge on any atom is 0.318 e. The van der Waals surface area contributed by atoms with Gasteiger partial charge in [0.1, 0.15) is 5.75 Å². The monoisotopic (exact) mass is 352 g/mol. The number of carbonyl (C=O) groups is 1. The van der Waals surface area contributed by atoms with E-state index >= 15 is 0 Å². The van der Waals surface area contributed by atoms with Gasteiger partial charge in [-0.1, -0.05) is 77.3 Å². The molecule has 0 N–H and O–H groups in total. The molecule has 140 valence electrons. The molecule has 0 bridgehead atoms. The quantitative estimate of drug-likeness (QED) is 0.429. The fourth-order valence-corrected chi connectivity index (χ4v) is 4.38. The van der Waals surface area contributed by atoms with Crippen LogP contribution < -0.4 is 4.74 Å². The second kappa shape index (κ2) is 7.82. The van der Waals surface area contributed by atoms with Crippen LogP contribution in [0.25, 0.3) is 0 Å². The highest BCUT2D eigenvalue weighted by atomic mass is 16.5. The first-order chi connectivity index (χ1) is 12.5. The van der Waals surface area contributed by atoms with Crippen LogP contribution in [0.5, 0.6) is 5.75 Å². The number of hydrogen-bond donors (Lipinski definition) is 0. The molecule has 1 heterocycles. The third-order valence-corrected chi connectivity index (χ3v) is 6.27. The maximum absolute atomic E-state index is 12.5. The Morgan fingerprint density at radius 1 is 1.12 bits per heavy atom. The van der Waals surface area contributed by atoms with E-state index in [-0.39, 0.29) is 17.3 Å². The van der Waals surface area contributed by atoms with Crippen molar-refractivity contribution in [2.24, 2.45) is 5.92 Å². The van der Waals surface area contributed by atoms with Crippen molar-refractivity contribution < 1.29 is 9.53 Å². The summed E-state index contributed by atoms with van der Waals surface area (Å²) >= 11 is 0. The molecular weight excluding hydrogens is 320 g/mol. The zero-order valence-corrected chi connectivity index (χ0v) is 16.7. The summed E-state index contributed by atoms with van der Waals surface area (Å²) in [6.07, 6.45) is 15.3. The van der Waals surface area contributed by atoms with Gasteiger partial charge in [0.25, 0.3) is 0 Å². The first-order valence-corrected chi connectivity index (χ1v) is 10.3. The zero-order chi connectivity index (χ0) is 18.7. The van der Waals surface area contributed by atoms with Crippen LogP contribution in [0.2, 0.25) is 0 Å². The van der Waals surface area contributed by atoms with Gasteiger partial charge in [0, 0.05) is 11.0 Å². The van der Waals surface area contributed by atoms with E-state index in [1.54, 1.807) is 0 Å². The van der Waals surface area contributed by atoms with Gasteiger partial charge in [0.2, 0.25) is 0 Å². The Kier molecular flexibility index (Phi) is 5.70. The summed E-state index contributed by atoms with van der Waals surface area (Å²) in [4.78, 5) is 12.5. The number of ether oxygens (including phenoxy) is 1. The fraction of sp³-hybridized carbons (Fsp3) is 0.542. The first-order valence-electron chi connectivity index (χ1n) is 10.3. The predicted molar refractivity (Wildman–Crippen MR) is 108 cm³/mol. The van der Waals surface area contributed by atoms with E-state index in [1.165, 1.54) is 16.7 Å². The van der Waals surface area contributed by atoms with Crippen LogP contribution in [-0.2, 0) is 16.6 Å². The highest BCUT2D eigenvalue weighted by Gasteiger charge is 2.39. The van der Waals surface area contributed by atoms with Crippen LogP contribution in [-0.4, -0.2) is 5.97 Å². The molecule has 2 nitrogen and oxygen atoms in total. The van der Waals surface area contributed by atoms with Crippen LogP contribution >= 0.6 is 0 Å². The van der Waals surface area contributed by atoms with Gasteiger partial charge in [-0.15, -0.1) is 0 Å². The van der Waals surface area contributed by atoms with Gasteiger partial charge >= 0.3 is 5.97 Å². The average molecular weight is 353 g/mol. The standard InChI is InChI=1S/C24H32O2/c1-5-7-12-18-20(24(4)16-10-9-11-17(24)3)14-15-21-22(18)19(13-8-6-2)23(25)26-21/h9-11,14-17,19H,5-8,12-13H2,1-4H3. The molecule has 0 spiro atoms. The molecule has 0 aromatic heterocycles. The molecule has 3 atom stereocenters. The highest BCUT2D eigenvalue weighted by molar-refractivity contribution is 5.87. The van der Waals surface area contributed by atoms with Gasteiger partial charge < -0.3 is 4.74 Å². The lowest BCUT2D eigenvalue weighted by Crippen LogP contribution is -2.30. The fourth-order valence-electron chi connectivity index (χ4n) is 4.38. The van der Waals surface area contributed by atoms with E-state index < -0.39 is 0 Å². The van der Waals surface area contributed by atoms with E-state index in [4.69, 9.17) is 4.74 Å². The minimum atomic E-state index is -0.0845.